The number of carbonyl (C=O) groups is 1. The molecular weight excluding hydrogens is 252 g/mol. The molecule has 1 aromatic heterocycles. The van der Waals surface area contributed by atoms with Crippen LogP contribution in [0.2, 0.25) is 0 Å². The molecule has 0 aromatic carbocycles. The van der Waals surface area contributed by atoms with E-state index in [4.69, 9.17) is 0 Å². The van der Waals surface area contributed by atoms with Gasteiger partial charge in [0.05, 0.1) is 18.4 Å². The van der Waals surface area contributed by atoms with Crippen molar-refractivity contribution in [3.05, 3.63) is 11.9 Å². The van der Waals surface area contributed by atoms with Crippen LogP contribution in [-0.4, -0.2) is 29.6 Å². The Morgan fingerprint density at radius 3 is 2.70 bits per heavy atom. The van der Waals surface area contributed by atoms with Crippen molar-refractivity contribution in [2.24, 2.45) is 13.0 Å². The van der Waals surface area contributed by atoms with Crippen LogP contribution in [0.5, 0.6) is 0 Å². The fourth-order valence-corrected chi connectivity index (χ4v) is 2.93. The number of imidazole rings is 1. The summed E-state index contributed by atoms with van der Waals surface area (Å²) in [5, 5.41) is 3.02. The fraction of sp³-hybridized carbons (Fsp3) is 0.733. The summed E-state index contributed by atoms with van der Waals surface area (Å²) in [7, 11) is 5.91. The van der Waals surface area contributed by atoms with Gasteiger partial charge in [-0.05, 0) is 18.8 Å². The monoisotopic (exact) mass is 278 g/mol. The SMILES string of the molecule is CN(C)c1ncc(CNC(=O)CC2CCCCC2)n1C. The van der Waals surface area contributed by atoms with Crippen LogP contribution in [0.1, 0.15) is 44.2 Å². The predicted octanol–water partition coefficient (Wildman–Crippen LogP) is 2.07. The average Bonchev–Trinajstić information content (AvgIpc) is 2.79. The lowest BCUT2D eigenvalue weighted by atomic mass is 9.87. The molecule has 1 amide bonds. The molecule has 1 aromatic rings. The largest absolute Gasteiger partial charge is 0.350 e. The summed E-state index contributed by atoms with van der Waals surface area (Å²) >= 11 is 0. The Balaban J connectivity index is 1.81. The van der Waals surface area contributed by atoms with E-state index in [1.54, 1.807) is 0 Å². The van der Waals surface area contributed by atoms with E-state index in [-0.39, 0.29) is 5.91 Å². The number of hydrogen-bond acceptors (Lipinski definition) is 3. The first-order chi connectivity index (χ1) is 9.58. The van der Waals surface area contributed by atoms with Gasteiger partial charge in [-0.25, -0.2) is 4.98 Å². The highest BCUT2D eigenvalue weighted by atomic mass is 16.1. The van der Waals surface area contributed by atoms with E-state index in [1.807, 2.05) is 36.8 Å². The lowest BCUT2D eigenvalue weighted by Crippen LogP contribution is -2.27. The first-order valence-corrected chi connectivity index (χ1v) is 7.52. The van der Waals surface area contributed by atoms with Crippen molar-refractivity contribution in [3.8, 4) is 0 Å². The molecule has 0 bridgehead atoms. The highest BCUT2D eigenvalue weighted by Crippen LogP contribution is 2.26. The number of hydrogen-bond donors (Lipinski definition) is 1. The number of carbonyl (C=O) groups excluding carboxylic acids is 1. The molecular formula is C15H26N4O. The number of rotatable bonds is 5. The standard InChI is InChI=1S/C15H26N4O/c1-18(2)15-17-11-13(19(15)3)10-16-14(20)9-12-7-5-4-6-8-12/h11-12H,4-10H2,1-3H3,(H,16,20). The van der Waals surface area contributed by atoms with E-state index in [9.17, 15) is 4.79 Å². The molecule has 5 heteroatoms. The quantitative estimate of drug-likeness (QED) is 0.897. The summed E-state index contributed by atoms with van der Waals surface area (Å²) < 4.78 is 2.01. The minimum Gasteiger partial charge on any atom is -0.350 e. The van der Waals surface area contributed by atoms with E-state index in [1.165, 1.54) is 32.1 Å². The van der Waals surface area contributed by atoms with Crippen LogP contribution < -0.4 is 10.2 Å². The minimum atomic E-state index is 0.171. The van der Waals surface area contributed by atoms with Crippen LogP contribution >= 0.6 is 0 Å². The van der Waals surface area contributed by atoms with E-state index in [0.717, 1.165) is 11.6 Å². The van der Waals surface area contributed by atoms with Crippen LogP contribution in [-0.2, 0) is 18.4 Å². The van der Waals surface area contributed by atoms with Gasteiger partial charge in [0, 0.05) is 27.6 Å². The maximum atomic E-state index is 12.0. The molecule has 5 nitrogen and oxygen atoms in total. The second kappa shape index (κ2) is 6.77. The van der Waals surface area contributed by atoms with Crippen molar-refractivity contribution in [2.75, 3.05) is 19.0 Å². The van der Waals surface area contributed by atoms with Crippen LogP contribution in [0, 0.1) is 5.92 Å². The Morgan fingerprint density at radius 2 is 2.10 bits per heavy atom. The normalized spacial score (nSPS) is 16.1. The van der Waals surface area contributed by atoms with Gasteiger partial charge in [-0.1, -0.05) is 19.3 Å². The number of amides is 1. The predicted molar refractivity (Wildman–Crippen MR) is 80.6 cm³/mol. The third kappa shape index (κ3) is 3.74. The van der Waals surface area contributed by atoms with Gasteiger partial charge in [0.15, 0.2) is 0 Å². The molecule has 1 aliphatic rings. The van der Waals surface area contributed by atoms with Crippen molar-refractivity contribution in [3.63, 3.8) is 0 Å². The highest BCUT2D eigenvalue weighted by Gasteiger charge is 2.17. The van der Waals surface area contributed by atoms with Gasteiger partial charge < -0.3 is 14.8 Å². The molecule has 0 spiro atoms. The van der Waals surface area contributed by atoms with Crippen molar-refractivity contribution in [1.82, 2.24) is 14.9 Å². The summed E-state index contributed by atoms with van der Waals surface area (Å²) in [5.41, 5.74) is 1.03. The third-order valence-electron chi connectivity index (χ3n) is 4.13. The van der Waals surface area contributed by atoms with Crippen LogP contribution in [0.3, 0.4) is 0 Å². The Labute approximate surface area is 121 Å². The number of nitrogens with one attached hydrogen (secondary N) is 1. The molecule has 2 rings (SSSR count). The molecule has 0 aliphatic heterocycles. The lowest BCUT2D eigenvalue weighted by molar-refractivity contribution is -0.122. The van der Waals surface area contributed by atoms with E-state index < -0.39 is 0 Å². The van der Waals surface area contributed by atoms with Crippen LogP contribution in [0.4, 0.5) is 5.95 Å². The van der Waals surface area contributed by atoms with Gasteiger partial charge in [-0.3, -0.25) is 4.79 Å². The Kier molecular flexibility index (Phi) is 5.04. The van der Waals surface area contributed by atoms with Gasteiger partial charge in [-0.15, -0.1) is 0 Å². The molecule has 1 fully saturated rings. The molecule has 20 heavy (non-hydrogen) atoms. The van der Waals surface area contributed by atoms with E-state index in [2.05, 4.69) is 10.3 Å². The molecule has 0 unspecified atom stereocenters. The number of nitrogens with zero attached hydrogens (tertiary/aromatic N) is 3. The zero-order valence-corrected chi connectivity index (χ0v) is 12.9. The zero-order valence-electron chi connectivity index (χ0n) is 12.9. The van der Waals surface area contributed by atoms with Gasteiger partial charge >= 0.3 is 0 Å². The Morgan fingerprint density at radius 1 is 1.40 bits per heavy atom. The second-order valence-electron chi connectivity index (χ2n) is 5.99. The molecule has 1 aliphatic carbocycles. The maximum absolute atomic E-state index is 12.0. The summed E-state index contributed by atoms with van der Waals surface area (Å²) in [6, 6.07) is 0. The number of anilines is 1. The molecule has 1 N–H and O–H groups in total. The van der Waals surface area contributed by atoms with Gasteiger partial charge in [0.1, 0.15) is 0 Å². The molecule has 112 valence electrons. The number of aromatic nitrogens is 2. The maximum Gasteiger partial charge on any atom is 0.220 e. The topological polar surface area (TPSA) is 50.2 Å². The summed E-state index contributed by atoms with van der Waals surface area (Å²) in [6.07, 6.45) is 8.83. The smallest absolute Gasteiger partial charge is 0.220 e. The second-order valence-corrected chi connectivity index (χ2v) is 5.99. The van der Waals surface area contributed by atoms with Crippen molar-refractivity contribution >= 4 is 11.9 Å². The summed E-state index contributed by atoms with van der Waals surface area (Å²) in [5.74, 6) is 1.67. The molecule has 0 saturated heterocycles. The van der Waals surface area contributed by atoms with Crippen LogP contribution in [0.25, 0.3) is 0 Å². The zero-order chi connectivity index (χ0) is 14.5. The first kappa shape index (κ1) is 14.9. The fourth-order valence-electron chi connectivity index (χ4n) is 2.93. The molecule has 0 atom stereocenters. The molecule has 0 radical (unpaired) electrons. The van der Waals surface area contributed by atoms with Crippen molar-refractivity contribution in [1.29, 1.82) is 0 Å². The van der Waals surface area contributed by atoms with Crippen LogP contribution in [0.15, 0.2) is 6.20 Å². The van der Waals surface area contributed by atoms with Gasteiger partial charge in [0.25, 0.3) is 0 Å². The van der Waals surface area contributed by atoms with Gasteiger partial charge in [-0.2, -0.15) is 0 Å². The van der Waals surface area contributed by atoms with E-state index >= 15 is 0 Å². The van der Waals surface area contributed by atoms with Crippen molar-refractivity contribution in [2.45, 2.75) is 45.1 Å². The lowest BCUT2D eigenvalue weighted by Gasteiger charge is -2.20. The van der Waals surface area contributed by atoms with Gasteiger partial charge in [0.2, 0.25) is 11.9 Å². The average molecular weight is 278 g/mol. The highest BCUT2D eigenvalue weighted by molar-refractivity contribution is 5.76. The minimum absolute atomic E-state index is 0.171. The summed E-state index contributed by atoms with van der Waals surface area (Å²) in [6.45, 7) is 0.558. The Hall–Kier alpha value is -1.52. The first-order valence-electron chi connectivity index (χ1n) is 7.52. The van der Waals surface area contributed by atoms with E-state index in [0.29, 0.717) is 18.9 Å². The third-order valence-corrected chi connectivity index (χ3v) is 4.13. The molecule has 1 saturated carbocycles. The van der Waals surface area contributed by atoms with Crippen molar-refractivity contribution < 1.29 is 4.79 Å². The summed E-state index contributed by atoms with van der Waals surface area (Å²) in [4.78, 5) is 18.3. The molecule has 1 heterocycles. The Bertz CT molecular complexity index is 447.